The zero-order valence-corrected chi connectivity index (χ0v) is 17.9. The van der Waals surface area contributed by atoms with E-state index in [9.17, 15) is 8.78 Å². The highest BCUT2D eigenvalue weighted by atomic mass is 19.2. The minimum atomic E-state index is -0.848. The van der Waals surface area contributed by atoms with Crippen molar-refractivity contribution in [2.45, 2.75) is 89.8 Å². The molecule has 0 radical (unpaired) electrons. The lowest BCUT2D eigenvalue weighted by Crippen LogP contribution is -2.30. The second-order valence-corrected chi connectivity index (χ2v) is 8.60. The monoisotopic (exact) mass is 410 g/mol. The second kappa shape index (κ2) is 11.3. The Bertz CT molecular complexity index is 621. The quantitative estimate of drug-likeness (QED) is 0.441. The summed E-state index contributed by atoms with van der Waals surface area (Å²) in [6.07, 6.45) is 9.26. The van der Waals surface area contributed by atoms with Crippen LogP contribution in [0.2, 0.25) is 0 Å². The van der Waals surface area contributed by atoms with Crippen LogP contribution in [0, 0.1) is 17.6 Å². The minimum absolute atomic E-state index is 0.0248. The van der Waals surface area contributed by atoms with Crippen molar-refractivity contribution in [2.75, 3.05) is 19.8 Å². The van der Waals surface area contributed by atoms with Crippen LogP contribution in [-0.4, -0.2) is 32.0 Å². The van der Waals surface area contributed by atoms with Crippen LogP contribution >= 0.6 is 0 Å². The SMILES string of the molecule is CCCCOc1ccc(C2CCC(OCC3CCC(CC)OC3)CC2)c(F)c1F. The number of rotatable bonds is 9. The van der Waals surface area contributed by atoms with Crippen molar-refractivity contribution in [1.29, 1.82) is 0 Å². The molecule has 2 aliphatic rings. The van der Waals surface area contributed by atoms with Gasteiger partial charge < -0.3 is 14.2 Å². The summed E-state index contributed by atoms with van der Waals surface area (Å²) < 4.78 is 46.3. The van der Waals surface area contributed by atoms with Gasteiger partial charge in [-0.25, -0.2) is 4.39 Å². The van der Waals surface area contributed by atoms with Gasteiger partial charge in [0.1, 0.15) is 0 Å². The van der Waals surface area contributed by atoms with Crippen LogP contribution in [0.4, 0.5) is 8.78 Å². The summed E-state index contributed by atoms with van der Waals surface area (Å²) in [5.74, 6) is -1.02. The smallest absolute Gasteiger partial charge is 0.200 e. The van der Waals surface area contributed by atoms with E-state index in [0.29, 0.717) is 24.2 Å². The number of hydrogen-bond acceptors (Lipinski definition) is 3. The van der Waals surface area contributed by atoms with Crippen molar-refractivity contribution < 1.29 is 23.0 Å². The zero-order chi connectivity index (χ0) is 20.6. The third kappa shape index (κ3) is 6.14. The molecule has 1 aromatic rings. The van der Waals surface area contributed by atoms with Gasteiger partial charge in [-0.2, -0.15) is 4.39 Å². The van der Waals surface area contributed by atoms with E-state index in [-0.39, 0.29) is 17.8 Å². The first kappa shape index (κ1) is 22.5. The van der Waals surface area contributed by atoms with Crippen LogP contribution in [-0.2, 0) is 9.47 Å². The maximum atomic E-state index is 14.6. The molecule has 164 valence electrons. The predicted molar refractivity (Wildman–Crippen MR) is 110 cm³/mol. The van der Waals surface area contributed by atoms with Gasteiger partial charge in [-0.05, 0) is 68.9 Å². The molecule has 1 aliphatic carbocycles. The summed E-state index contributed by atoms with van der Waals surface area (Å²) in [4.78, 5) is 0. The van der Waals surface area contributed by atoms with E-state index in [0.717, 1.165) is 64.6 Å². The average molecular weight is 411 g/mol. The summed E-state index contributed by atoms with van der Waals surface area (Å²) in [7, 11) is 0. The molecule has 0 aromatic heterocycles. The molecule has 5 heteroatoms. The lowest BCUT2D eigenvalue weighted by molar-refractivity contribution is -0.0633. The van der Waals surface area contributed by atoms with Crippen molar-refractivity contribution in [3.63, 3.8) is 0 Å². The van der Waals surface area contributed by atoms with Gasteiger partial charge in [0.15, 0.2) is 11.6 Å². The Morgan fingerprint density at radius 2 is 1.79 bits per heavy atom. The number of benzene rings is 1. The maximum absolute atomic E-state index is 14.6. The zero-order valence-electron chi connectivity index (χ0n) is 17.9. The van der Waals surface area contributed by atoms with Gasteiger partial charge in [0.2, 0.25) is 5.82 Å². The Balaban J connectivity index is 1.45. The minimum Gasteiger partial charge on any atom is -0.490 e. The highest BCUT2D eigenvalue weighted by Gasteiger charge is 2.28. The Labute approximate surface area is 174 Å². The Morgan fingerprint density at radius 1 is 1.00 bits per heavy atom. The topological polar surface area (TPSA) is 27.7 Å². The van der Waals surface area contributed by atoms with E-state index in [1.54, 1.807) is 12.1 Å². The molecule has 0 amide bonds. The predicted octanol–water partition coefficient (Wildman–Crippen LogP) is 6.39. The summed E-state index contributed by atoms with van der Waals surface area (Å²) in [5, 5.41) is 0. The molecule has 0 N–H and O–H groups in total. The molecule has 1 aromatic carbocycles. The molecule has 1 heterocycles. The van der Waals surface area contributed by atoms with Crippen LogP contribution in [0.3, 0.4) is 0 Å². The molecular weight excluding hydrogens is 374 g/mol. The molecule has 2 fully saturated rings. The molecule has 3 nitrogen and oxygen atoms in total. The third-order valence-corrected chi connectivity index (χ3v) is 6.43. The fraction of sp³-hybridized carbons (Fsp3) is 0.750. The number of hydrogen-bond donors (Lipinski definition) is 0. The Kier molecular flexibility index (Phi) is 8.73. The first-order chi connectivity index (χ1) is 14.1. The summed E-state index contributed by atoms with van der Waals surface area (Å²) >= 11 is 0. The van der Waals surface area contributed by atoms with E-state index in [4.69, 9.17) is 14.2 Å². The lowest BCUT2D eigenvalue weighted by atomic mass is 9.82. The first-order valence-corrected chi connectivity index (χ1v) is 11.5. The third-order valence-electron chi connectivity index (χ3n) is 6.43. The van der Waals surface area contributed by atoms with Gasteiger partial charge in [0.05, 0.1) is 32.0 Å². The molecule has 0 bridgehead atoms. The highest BCUT2D eigenvalue weighted by Crippen LogP contribution is 2.37. The van der Waals surface area contributed by atoms with E-state index >= 15 is 0 Å². The van der Waals surface area contributed by atoms with Crippen molar-refractivity contribution >= 4 is 0 Å². The van der Waals surface area contributed by atoms with Gasteiger partial charge in [-0.1, -0.05) is 26.3 Å². The van der Waals surface area contributed by atoms with Crippen LogP contribution in [0.25, 0.3) is 0 Å². The van der Waals surface area contributed by atoms with Crippen molar-refractivity contribution in [3.8, 4) is 5.75 Å². The van der Waals surface area contributed by atoms with Gasteiger partial charge >= 0.3 is 0 Å². The number of unbranched alkanes of at least 4 members (excludes halogenated alkanes) is 1. The largest absolute Gasteiger partial charge is 0.490 e. The summed E-state index contributed by atoms with van der Waals surface area (Å²) in [5.41, 5.74) is 0.482. The van der Waals surface area contributed by atoms with Crippen LogP contribution < -0.4 is 4.74 Å². The normalized spacial score (nSPS) is 27.7. The van der Waals surface area contributed by atoms with Crippen LogP contribution in [0.5, 0.6) is 5.75 Å². The molecule has 1 aliphatic heterocycles. The molecule has 2 atom stereocenters. The molecule has 1 saturated carbocycles. The van der Waals surface area contributed by atoms with Crippen molar-refractivity contribution in [2.24, 2.45) is 5.92 Å². The summed E-state index contributed by atoms with van der Waals surface area (Å²) in [6, 6.07) is 3.29. The van der Waals surface area contributed by atoms with Crippen LogP contribution in [0.1, 0.15) is 83.1 Å². The highest BCUT2D eigenvalue weighted by molar-refractivity contribution is 5.33. The standard InChI is InChI=1S/C24H36F2O3/c1-3-5-14-27-22-13-12-21(23(25)24(22)26)18-7-10-20(11-8-18)29-16-17-6-9-19(4-2)28-15-17/h12-13,17-20H,3-11,14-16H2,1-2H3. The van der Waals surface area contributed by atoms with Crippen molar-refractivity contribution in [1.82, 2.24) is 0 Å². The first-order valence-electron chi connectivity index (χ1n) is 11.5. The lowest BCUT2D eigenvalue weighted by Gasteiger charge is -2.32. The van der Waals surface area contributed by atoms with Gasteiger partial charge in [0, 0.05) is 5.92 Å². The molecule has 3 rings (SSSR count). The summed E-state index contributed by atoms with van der Waals surface area (Å²) in [6.45, 7) is 6.17. The maximum Gasteiger partial charge on any atom is 0.200 e. The number of halogens is 2. The van der Waals surface area contributed by atoms with E-state index in [1.807, 2.05) is 6.92 Å². The van der Waals surface area contributed by atoms with Crippen molar-refractivity contribution in [3.05, 3.63) is 29.3 Å². The molecule has 2 unspecified atom stereocenters. The van der Waals surface area contributed by atoms with E-state index in [2.05, 4.69) is 6.92 Å². The Hall–Kier alpha value is -1.20. The second-order valence-electron chi connectivity index (χ2n) is 8.60. The van der Waals surface area contributed by atoms with Gasteiger partial charge in [-0.3, -0.25) is 0 Å². The van der Waals surface area contributed by atoms with Crippen LogP contribution in [0.15, 0.2) is 12.1 Å². The van der Waals surface area contributed by atoms with E-state index in [1.165, 1.54) is 6.42 Å². The molecule has 0 spiro atoms. The molecule has 29 heavy (non-hydrogen) atoms. The Morgan fingerprint density at radius 3 is 2.45 bits per heavy atom. The van der Waals surface area contributed by atoms with Gasteiger partial charge in [0.25, 0.3) is 0 Å². The number of ether oxygens (including phenoxy) is 3. The van der Waals surface area contributed by atoms with Gasteiger partial charge in [-0.15, -0.1) is 0 Å². The fourth-order valence-electron chi connectivity index (χ4n) is 4.43. The average Bonchev–Trinajstić information content (AvgIpc) is 2.76. The van der Waals surface area contributed by atoms with E-state index < -0.39 is 11.6 Å². The molecular formula is C24H36F2O3. The fourth-order valence-corrected chi connectivity index (χ4v) is 4.43. The molecule has 1 saturated heterocycles.